The van der Waals surface area contributed by atoms with E-state index in [9.17, 15) is 0 Å². The number of ether oxygens (including phenoxy) is 1. The van der Waals surface area contributed by atoms with E-state index < -0.39 is 0 Å². The Hall–Kier alpha value is -0.980. The van der Waals surface area contributed by atoms with E-state index in [2.05, 4.69) is 45.9 Å². The van der Waals surface area contributed by atoms with Crippen molar-refractivity contribution in [1.82, 2.24) is 0 Å². The van der Waals surface area contributed by atoms with Crippen LogP contribution in [0.25, 0.3) is 0 Å². The van der Waals surface area contributed by atoms with Crippen molar-refractivity contribution in [2.45, 2.75) is 46.5 Å². The summed E-state index contributed by atoms with van der Waals surface area (Å²) in [6, 6.07) is 6.47. The van der Waals surface area contributed by atoms with Crippen molar-refractivity contribution in [3.05, 3.63) is 29.3 Å². The number of hydrogen-bond donors (Lipinski definition) is 0. The minimum absolute atomic E-state index is 0.580. The van der Waals surface area contributed by atoms with Gasteiger partial charge in [-0.1, -0.05) is 38.5 Å². The van der Waals surface area contributed by atoms with Crippen LogP contribution < -0.4 is 4.74 Å². The van der Waals surface area contributed by atoms with Gasteiger partial charge in [-0.25, -0.2) is 0 Å². The zero-order chi connectivity index (χ0) is 11.3. The molecule has 1 aromatic rings. The first-order valence-electron chi connectivity index (χ1n) is 5.92. The zero-order valence-electron chi connectivity index (χ0n) is 10.3. The molecule has 0 N–H and O–H groups in total. The van der Waals surface area contributed by atoms with E-state index >= 15 is 0 Å². The molecule has 0 saturated carbocycles. The first-order chi connectivity index (χ1) is 7.19. The molecule has 0 bridgehead atoms. The molecule has 0 saturated heterocycles. The molecule has 0 aliphatic carbocycles. The fourth-order valence-electron chi connectivity index (χ4n) is 1.62. The summed E-state index contributed by atoms with van der Waals surface area (Å²) in [5.74, 6) is 1.65. The van der Waals surface area contributed by atoms with Crippen LogP contribution in [-0.4, -0.2) is 6.61 Å². The molecule has 84 valence electrons. The van der Waals surface area contributed by atoms with Gasteiger partial charge in [0.25, 0.3) is 0 Å². The van der Waals surface area contributed by atoms with Crippen LogP contribution in [0.4, 0.5) is 0 Å². The maximum absolute atomic E-state index is 5.76. The minimum atomic E-state index is 0.580. The predicted molar refractivity (Wildman–Crippen MR) is 65.7 cm³/mol. The number of rotatable bonds is 5. The van der Waals surface area contributed by atoms with Gasteiger partial charge in [0.1, 0.15) is 5.75 Å². The molecule has 0 spiro atoms. The Morgan fingerprint density at radius 1 is 1.27 bits per heavy atom. The monoisotopic (exact) mass is 206 g/mol. The second-order valence-electron chi connectivity index (χ2n) is 4.20. The van der Waals surface area contributed by atoms with Crippen LogP contribution in [0, 0.1) is 6.92 Å². The normalized spacial score (nSPS) is 12.5. The fourth-order valence-corrected chi connectivity index (χ4v) is 1.62. The molecule has 0 aliphatic rings. The highest BCUT2D eigenvalue weighted by Gasteiger charge is 2.09. The highest BCUT2D eigenvalue weighted by Crippen LogP contribution is 2.29. The van der Waals surface area contributed by atoms with Crippen molar-refractivity contribution in [2.24, 2.45) is 0 Å². The maximum Gasteiger partial charge on any atom is 0.122 e. The van der Waals surface area contributed by atoms with Gasteiger partial charge in [-0.05, 0) is 37.3 Å². The maximum atomic E-state index is 5.76. The Kier molecular flexibility index (Phi) is 4.67. The summed E-state index contributed by atoms with van der Waals surface area (Å²) in [6.45, 7) is 9.56. The molecule has 0 aliphatic heterocycles. The minimum Gasteiger partial charge on any atom is -0.493 e. The van der Waals surface area contributed by atoms with Gasteiger partial charge in [-0.2, -0.15) is 0 Å². The molecule has 1 rings (SSSR count). The second kappa shape index (κ2) is 5.79. The van der Waals surface area contributed by atoms with Gasteiger partial charge in [0.2, 0.25) is 0 Å². The van der Waals surface area contributed by atoms with Crippen molar-refractivity contribution in [3.8, 4) is 5.75 Å². The average molecular weight is 206 g/mol. The van der Waals surface area contributed by atoms with Crippen molar-refractivity contribution >= 4 is 0 Å². The summed E-state index contributed by atoms with van der Waals surface area (Å²) in [4.78, 5) is 0. The van der Waals surface area contributed by atoms with Crippen molar-refractivity contribution in [1.29, 1.82) is 0 Å². The van der Waals surface area contributed by atoms with E-state index in [0.29, 0.717) is 5.92 Å². The molecule has 1 atom stereocenters. The molecular formula is C14H22O. The highest BCUT2D eigenvalue weighted by atomic mass is 16.5. The van der Waals surface area contributed by atoms with Gasteiger partial charge < -0.3 is 4.74 Å². The Morgan fingerprint density at radius 2 is 2.00 bits per heavy atom. The third-order valence-electron chi connectivity index (χ3n) is 2.77. The van der Waals surface area contributed by atoms with Crippen LogP contribution in [0.15, 0.2) is 18.2 Å². The topological polar surface area (TPSA) is 9.23 Å². The standard InChI is InChI=1S/C14H22O/c1-5-9-15-14-8-7-11(3)10-13(14)12(4)6-2/h7-8,10,12H,5-6,9H2,1-4H3. The first-order valence-corrected chi connectivity index (χ1v) is 5.92. The summed E-state index contributed by atoms with van der Waals surface area (Å²) in [5, 5.41) is 0. The van der Waals surface area contributed by atoms with Crippen LogP contribution in [0.3, 0.4) is 0 Å². The molecule has 0 aromatic heterocycles. The third-order valence-corrected chi connectivity index (χ3v) is 2.77. The lowest BCUT2D eigenvalue weighted by Crippen LogP contribution is -2.01. The Labute approximate surface area is 93.5 Å². The molecule has 1 aromatic carbocycles. The molecule has 0 radical (unpaired) electrons. The van der Waals surface area contributed by atoms with Gasteiger partial charge in [-0.3, -0.25) is 0 Å². The van der Waals surface area contributed by atoms with Gasteiger partial charge in [0, 0.05) is 0 Å². The van der Waals surface area contributed by atoms with E-state index in [1.165, 1.54) is 11.1 Å². The Morgan fingerprint density at radius 3 is 2.60 bits per heavy atom. The first kappa shape index (κ1) is 12.1. The molecule has 1 nitrogen and oxygen atoms in total. The van der Waals surface area contributed by atoms with Crippen molar-refractivity contribution in [3.63, 3.8) is 0 Å². The SMILES string of the molecule is CCCOc1ccc(C)cc1C(C)CC. The van der Waals surface area contributed by atoms with Crippen LogP contribution >= 0.6 is 0 Å². The van der Waals surface area contributed by atoms with E-state index in [1.54, 1.807) is 0 Å². The molecule has 0 amide bonds. The van der Waals surface area contributed by atoms with E-state index in [1.807, 2.05) is 0 Å². The fraction of sp³-hybridized carbons (Fsp3) is 0.571. The smallest absolute Gasteiger partial charge is 0.122 e. The zero-order valence-corrected chi connectivity index (χ0v) is 10.3. The number of hydrogen-bond acceptors (Lipinski definition) is 1. The van der Waals surface area contributed by atoms with E-state index in [4.69, 9.17) is 4.74 Å². The predicted octanol–water partition coefficient (Wildman–Crippen LogP) is 4.30. The largest absolute Gasteiger partial charge is 0.493 e. The van der Waals surface area contributed by atoms with Crippen LogP contribution in [-0.2, 0) is 0 Å². The number of aryl methyl sites for hydroxylation is 1. The van der Waals surface area contributed by atoms with Crippen LogP contribution in [0.5, 0.6) is 5.75 Å². The van der Waals surface area contributed by atoms with Gasteiger partial charge in [0.15, 0.2) is 0 Å². The lowest BCUT2D eigenvalue weighted by molar-refractivity contribution is 0.312. The molecule has 1 heteroatoms. The van der Waals surface area contributed by atoms with Crippen LogP contribution in [0.1, 0.15) is 50.7 Å². The third kappa shape index (κ3) is 3.26. The van der Waals surface area contributed by atoms with Crippen molar-refractivity contribution in [2.75, 3.05) is 6.61 Å². The number of benzene rings is 1. The summed E-state index contributed by atoms with van der Waals surface area (Å²) in [7, 11) is 0. The summed E-state index contributed by atoms with van der Waals surface area (Å²) < 4.78 is 5.76. The quantitative estimate of drug-likeness (QED) is 0.698. The van der Waals surface area contributed by atoms with E-state index in [-0.39, 0.29) is 0 Å². The van der Waals surface area contributed by atoms with Crippen LogP contribution in [0.2, 0.25) is 0 Å². The average Bonchev–Trinajstić information content (AvgIpc) is 2.26. The van der Waals surface area contributed by atoms with Gasteiger partial charge >= 0.3 is 0 Å². The van der Waals surface area contributed by atoms with E-state index in [0.717, 1.165) is 25.2 Å². The van der Waals surface area contributed by atoms with Gasteiger partial charge in [-0.15, -0.1) is 0 Å². The van der Waals surface area contributed by atoms with Gasteiger partial charge in [0.05, 0.1) is 6.61 Å². The molecule has 0 heterocycles. The lowest BCUT2D eigenvalue weighted by atomic mass is 9.96. The van der Waals surface area contributed by atoms with Crippen molar-refractivity contribution < 1.29 is 4.74 Å². The molecule has 15 heavy (non-hydrogen) atoms. The molecule has 1 unspecified atom stereocenters. The molecular weight excluding hydrogens is 184 g/mol. The molecule has 0 fully saturated rings. The Balaban J connectivity index is 2.92. The summed E-state index contributed by atoms with van der Waals surface area (Å²) >= 11 is 0. The second-order valence-corrected chi connectivity index (χ2v) is 4.20. The summed E-state index contributed by atoms with van der Waals surface area (Å²) in [6.07, 6.45) is 2.22. The lowest BCUT2D eigenvalue weighted by Gasteiger charge is -2.16. The highest BCUT2D eigenvalue weighted by molar-refractivity contribution is 5.39. The summed E-state index contributed by atoms with van der Waals surface area (Å²) in [5.41, 5.74) is 2.67. The Bertz CT molecular complexity index is 304.